The van der Waals surface area contributed by atoms with Gasteiger partial charge >= 0.3 is 6.18 Å². The maximum absolute atomic E-state index is 13.0. The zero-order valence-electron chi connectivity index (χ0n) is 18.8. The molecule has 3 aromatic rings. The molecule has 0 aromatic carbocycles. The number of thiazole rings is 1. The van der Waals surface area contributed by atoms with Crippen molar-refractivity contribution in [1.82, 2.24) is 25.3 Å². The van der Waals surface area contributed by atoms with Gasteiger partial charge < -0.3 is 26.4 Å². The lowest BCUT2D eigenvalue weighted by molar-refractivity contribution is -0.138. The number of hydrogen-bond acceptors (Lipinski definition) is 10. The molecule has 2 amide bonds. The average Bonchev–Trinajstić information content (AvgIpc) is 3.49. The first-order valence-electron chi connectivity index (χ1n) is 10.7. The van der Waals surface area contributed by atoms with Crippen LogP contribution in [0.1, 0.15) is 50.1 Å². The second kappa shape index (κ2) is 10.0. The van der Waals surface area contributed by atoms with Crippen LogP contribution in [0.25, 0.3) is 0 Å². The topological polar surface area (TPSA) is 159 Å². The van der Waals surface area contributed by atoms with Crippen molar-refractivity contribution < 1.29 is 27.9 Å². The van der Waals surface area contributed by atoms with Crippen LogP contribution < -0.4 is 21.3 Å². The molecule has 0 saturated carbocycles. The van der Waals surface area contributed by atoms with E-state index in [4.69, 9.17) is 5.73 Å². The summed E-state index contributed by atoms with van der Waals surface area (Å²) in [6.45, 7) is 3.03. The summed E-state index contributed by atoms with van der Waals surface area (Å²) in [7, 11) is 0. The summed E-state index contributed by atoms with van der Waals surface area (Å²) >= 11 is 0.950. The molecule has 4 heterocycles. The van der Waals surface area contributed by atoms with E-state index in [0.29, 0.717) is 29.6 Å². The van der Waals surface area contributed by atoms with Crippen molar-refractivity contribution in [1.29, 1.82) is 0 Å². The molecule has 1 fully saturated rings. The summed E-state index contributed by atoms with van der Waals surface area (Å²) in [6, 6.07) is 1.56. The lowest BCUT2D eigenvalue weighted by Crippen LogP contribution is -2.29. The monoisotopic (exact) mass is 522 g/mol. The third-order valence-electron chi connectivity index (χ3n) is 5.33. The molecular weight excluding hydrogens is 501 g/mol. The van der Waals surface area contributed by atoms with Crippen molar-refractivity contribution in [2.45, 2.75) is 31.6 Å². The van der Waals surface area contributed by atoms with Crippen LogP contribution in [-0.4, -0.2) is 56.0 Å². The van der Waals surface area contributed by atoms with Gasteiger partial charge in [-0.15, -0.1) is 11.3 Å². The number of anilines is 2. The van der Waals surface area contributed by atoms with Gasteiger partial charge in [0, 0.05) is 25.2 Å². The molecule has 15 heteroatoms. The van der Waals surface area contributed by atoms with Crippen molar-refractivity contribution >= 4 is 34.8 Å². The highest BCUT2D eigenvalue weighted by Crippen LogP contribution is 2.36. The first kappa shape index (κ1) is 25.2. The van der Waals surface area contributed by atoms with Crippen LogP contribution in [0, 0.1) is 0 Å². The van der Waals surface area contributed by atoms with Gasteiger partial charge in [0.2, 0.25) is 0 Å². The SMILES string of the molecule is CC(NC(=O)c1cc(N2CCC(N)C2)ncn1)c1ncc(C(=O)Nc2cc(C(F)(F)F)c(O)cn2)s1. The largest absolute Gasteiger partial charge is 0.506 e. The molecular formula is C21H21F3N8O3S. The zero-order chi connectivity index (χ0) is 26.0. The molecule has 0 radical (unpaired) electrons. The van der Waals surface area contributed by atoms with E-state index < -0.39 is 35.3 Å². The summed E-state index contributed by atoms with van der Waals surface area (Å²) in [5.74, 6) is -2.05. The lowest BCUT2D eigenvalue weighted by atomic mass is 10.2. The van der Waals surface area contributed by atoms with E-state index >= 15 is 0 Å². The van der Waals surface area contributed by atoms with Gasteiger partial charge in [0.05, 0.1) is 18.4 Å². The number of nitrogens with two attached hydrogens (primary N) is 1. The predicted octanol–water partition coefficient (Wildman–Crippen LogP) is 2.33. The number of alkyl halides is 3. The molecule has 2 unspecified atom stereocenters. The highest BCUT2D eigenvalue weighted by Gasteiger charge is 2.34. The van der Waals surface area contributed by atoms with E-state index in [1.165, 1.54) is 12.5 Å². The zero-order valence-corrected chi connectivity index (χ0v) is 19.6. The second-order valence-corrected chi connectivity index (χ2v) is 9.11. The van der Waals surface area contributed by atoms with Crippen molar-refractivity contribution in [3.8, 4) is 5.75 Å². The van der Waals surface area contributed by atoms with Crippen molar-refractivity contribution in [2.24, 2.45) is 5.73 Å². The van der Waals surface area contributed by atoms with Gasteiger partial charge in [-0.25, -0.2) is 19.9 Å². The van der Waals surface area contributed by atoms with Gasteiger partial charge in [0.1, 0.15) is 44.9 Å². The number of aromatic nitrogens is 4. The Hall–Kier alpha value is -3.85. The van der Waals surface area contributed by atoms with E-state index in [-0.39, 0.29) is 22.4 Å². The normalized spacial score (nSPS) is 16.6. The molecule has 190 valence electrons. The van der Waals surface area contributed by atoms with E-state index in [9.17, 15) is 27.9 Å². The number of rotatable bonds is 6. The number of pyridine rings is 1. The Balaban J connectivity index is 1.40. The van der Waals surface area contributed by atoms with Crippen LogP contribution in [0.5, 0.6) is 5.75 Å². The fraction of sp³-hybridized carbons (Fsp3) is 0.333. The van der Waals surface area contributed by atoms with Crippen molar-refractivity contribution in [2.75, 3.05) is 23.3 Å². The van der Waals surface area contributed by atoms with E-state index in [1.807, 2.05) is 4.90 Å². The number of amides is 2. The Morgan fingerprint density at radius 1 is 1.19 bits per heavy atom. The van der Waals surface area contributed by atoms with Gasteiger partial charge in [0.25, 0.3) is 11.8 Å². The Kier molecular flexibility index (Phi) is 7.03. The number of nitrogens with zero attached hydrogens (tertiary/aromatic N) is 5. The predicted molar refractivity (Wildman–Crippen MR) is 124 cm³/mol. The van der Waals surface area contributed by atoms with Gasteiger partial charge in [0.15, 0.2) is 0 Å². The smallest absolute Gasteiger partial charge is 0.420 e. The second-order valence-electron chi connectivity index (χ2n) is 8.05. The highest BCUT2D eigenvalue weighted by atomic mass is 32.1. The van der Waals surface area contributed by atoms with Gasteiger partial charge in [-0.05, 0) is 19.4 Å². The van der Waals surface area contributed by atoms with Gasteiger partial charge in [-0.2, -0.15) is 13.2 Å². The molecule has 1 aliphatic heterocycles. The van der Waals surface area contributed by atoms with Gasteiger partial charge in [-0.3, -0.25) is 9.59 Å². The lowest BCUT2D eigenvalue weighted by Gasteiger charge is -2.17. The molecule has 11 nitrogen and oxygen atoms in total. The van der Waals surface area contributed by atoms with Crippen LogP contribution >= 0.6 is 11.3 Å². The van der Waals surface area contributed by atoms with Crippen molar-refractivity contribution in [3.63, 3.8) is 0 Å². The first-order chi connectivity index (χ1) is 17.0. The van der Waals surface area contributed by atoms with Gasteiger partial charge in [-0.1, -0.05) is 0 Å². The molecule has 2 atom stereocenters. The Labute approximate surface area is 206 Å². The molecule has 4 rings (SSSR count). The number of halogens is 3. The fourth-order valence-corrected chi connectivity index (χ4v) is 4.30. The molecule has 5 N–H and O–H groups in total. The Morgan fingerprint density at radius 2 is 1.97 bits per heavy atom. The minimum atomic E-state index is -4.82. The Morgan fingerprint density at radius 3 is 2.67 bits per heavy atom. The molecule has 1 aliphatic rings. The minimum Gasteiger partial charge on any atom is -0.506 e. The minimum absolute atomic E-state index is 0.0464. The van der Waals surface area contributed by atoms with Crippen LogP contribution in [0.3, 0.4) is 0 Å². The van der Waals surface area contributed by atoms with Crippen molar-refractivity contribution in [3.05, 3.63) is 52.0 Å². The Bertz CT molecular complexity index is 1290. The van der Waals surface area contributed by atoms with Crippen LogP contribution in [0.4, 0.5) is 24.8 Å². The van der Waals surface area contributed by atoms with E-state index in [2.05, 4.69) is 30.6 Å². The third kappa shape index (κ3) is 5.68. The molecule has 0 spiro atoms. The molecule has 36 heavy (non-hydrogen) atoms. The maximum Gasteiger partial charge on any atom is 0.420 e. The summed E-state index contributed by atoms with van der Waals surface area (Å²) in [5, 5.41) is 14.8. The number of aromatic hydroxyl groups is 1. The van der Waals surface area contributed by atoms with Crippen LogP contribution in [0.15, 0.2) is 30.9 Å². The first-order valence-corrected chi connectivity index (χ1v) is 11.5. The molecule has 3 aromatic heterocycles. The molecule has 0 bridgehead atoms. The van der Waals surface area contributed by atoms with Crippen LogP contribution in [-0.2, 0) is 6.18 Å². The van der Waals surface area contributed by atoms with E-state index in [1.54, 1.807) is 13.0 Å². The number of nitrogens with one attached hydrogen (secondary N) is 2. The number of carbonyl (C=O) groups excluding carboxylic acids is 2. The standard InChI is InChI=1S/C21H21F3N8O3S/c1-10(30-18(34)13-5-17(29-9-28-13)32-3-2-11(25)8-32)20-27-7-15(36-20)19(35)31-16-4-12(21(22,23)24)14(33)6-26-16/h4-7,9-11,33H,2-3,8,25H2,1H3,(H,30,34)(H,26,31,35). The highest BCUT2D eigenvalue weighted by molar-refractivity contribution is 7.13. The fourth-order valence-electron chi connectivity index (χ4n) is 3.49. The summed E-state index contributed by atoms with van der Waals surface area (Å²) < 4.78 is 38.9. The third-order valence-corrected chi connectivity index (χ3v) is 6.51. The number of carbonyl (C=O) groups is 2. The van der Waals surface area contributed by atoms with Crippen LogP contribution in [0.2, 0.25) is 0 Å². The average molecular weight is 523 g/mol. The maximum atomic E-state index is 13.0. The quantitative estimate of drug-likeness (QED) is 0.381. The summed E-state index contributed by atoms with van der Waals surface area (Å²) in [4.78, 5) is 43.2. The van der Waals surface area contributed by atoms with E-state index in [0.717, 1.165) is 24.3 Å². The molecule has 1 saturated heterocycles. The summed E-state index contributed by atoms with van der Waals surface area (Å²) in [5.41, 5.74) is 4.76. The molecule has 0 aliphatic carbocycles. The number of hydrogen-bond donors (Lipinski definition) is 4. The summed E-state index contributed by atoms with van der Waals surface area (Å²) in [6.07, 6.45) is -0.849.